The van der Waals surface area contributed by atoms with E-state index in [1.165, 1.54) is 0 Å². The van der Waals surface area contributed by atoms with Crippen molar-refractivity contribution in [3.63, 3.8) is 0 Å². The molecular formula is C22H29N3O2. The highest BCUT2D eigenvalue weighted by Gasteiger charge is 2.15. The van der Waals surface area contributed by atoms with Gasteiger partial charge in [0.15, 0.2) is 0 Å². The van der Waals surface area contributed by atoms with Crippen LogP contribution < -0.4 is 10.6 Å². The molecule has 144 valence electrons. The van der Waals surface area contributed by atoms with E-state index in [4.69, 9.17) is 0 Å². The highest BCUT2D eigenvalue weighted by atomic mass is 16.2. The molecule has 1 atom stereocenters. The third-order valence-electron chi connectivity index (χ3n) is 4.42. The second-order valence-corrected chi connectivity index (χ2v) is 6.77. The molecule has 0 spiro atoms. The molecule has 2 amide bonds. The van der Waals surface area contributed by atoms with E-state index in [0.717, 1.165) is 24.0 Å². The molecule has 2 aromatic rings. The predicted octanol–water partition coefficient (Wildman–Crippen LogP) is 3.14. The lowest BCUT2D eigenvalue weighted by atomic mass is 10.0. The number of carbonyl (C=O) groups is 2. The maximum Gasteiger partial charge on any atom is 0.251 e. The van der Waals surface area contributed by atoms with Gasteiger partial charge in [0, 0.05) is 19.2 Å². The summed E-state index contributed by atoms with van der Waals surface area (Å²) in [6, 6.07) is 17.6. The van der Waals surface area contributed by atoms with Gasteiger partial charge in [0.05, 0.1) is 12.6 Å². The molecule has 2 aromatic carbocycles. The number of rotatable bonds is 9. The van der Waals surface area contributed by atoms with E-state index in [2.05, 4.69) is 29.7 Å². The average Bonchev–Trinajstić information content (AvgIpc) is 2.68. The average molecular weight is 367 g/mol. The van der Waals surface area contributed by atoms with Crippen LogP contribution >= 0.6 is 0 Å². The quantitative estimate of drug-likeness (QED) is 0.716. The fraction of sp³-hybridized carbons (Fsp3) is 0.364. The van der Waals surface area contributed by atoms with Crippen molar-refractivity contribution in [2.75, 3.05) is 20.6 Å². The van der Waals surface area contributed by atoms with E-state index in [9.17, 15) is 9.59 Å². The van der Waals surface area contributed by atoms with E-state index >= 15 is 0 Å². The van der Waals surface area contributed by atoms with Crippen LogP contribution in [-0.4, -0.2) is 37.4 Å². The first kappa shape index (κ1) is 20.6. The van der Waals surface area contributed by atoms with Crippen molar-refractivity contribution in [2.24, 2.45) is 0 Å². The van der Waals surface area contributed by atoms with Crippen molar-refractivity contribution in [1.29, 1.82) is 0 Å². The molecule has 0 unspecified atom stereocenters. The van der Waals surface area contributed by atoms with Crippen molar-refractivity contribution in [3.05, 3.63) is 71.3 Å². The number of nitrogens with zero attached hydrogens (tertiary/aromatic N) is 1. The lowest BCUT2D eigenvalue weighted by Crippen LogP contribution is -2.37. The Morgan fingerprint density at radius 1 is 1.04 bits per heavy atom. The van der Waals surface area contributed by atoms with Crippen LogP contribution in [0.2, 0.25) is 0 Å². The highest BCUT2D eigenvalue weighted by Crippen LogP contribution is 2.18. The normalized spacial score (nSPS) is 11.9. The molecule has 0 aliphatic rings. The Kier molecular flexibility index (Phi) is 8.01. The molecular weight excluding hydrogens is 338 g/mol. The summed E-state index contributed by atoms with van der Waals surface area (Å²) in [4.78, 5) is 26.0. The molecule has 0 aliphatic heterocycles. The molecule has 2 N–H and O–H groups in total. The molecule has 0 saturated carbocycles. The lowest BCUT2D eigenvalue weighted by Gasteiger charge is -2.21. The summed E-state index contributed by atoms with van der Waals surface area (Å²) >= 11 is 0. The van der Waals surface area contributed by atoms with Crippen LogP contribution in [0.1, 0.15) is 47.3 Å². The maximum absolute atomic E-state index is 12.5. The molecule has 27 heavy (non-hydrogen) atoms. The first-order valence-electron chi connectivity index (χ1n) is 9.37. The number of likely N-dealkylation sites (N-methyl/N-ethyl adjacent to an activating group) is 1. The summed E-state index contributed by atoms with van der Waals surface area (Å²) < 4.78 is 0. The van der Waals surface area contributed by atoms with E-state index in [-0.39, 0.29) is 17.9 Å². The SMILES string of the molecule is CCC[C@H](NC(=O)CN(C)Cc1ccc(C(=O)NC)cc1)c1ccccc1. The summed E-state index contributed by atoms with van der Waals surface area (Å²) in [5.74, 6) is -0.0843. The Bertz CT molecular complexity index is 729. The largest absolute Gasteiger partial charge is 0.355 e. The van der Waals surface area contributed by atoms with Gasteiger partial charge in [-0.25, -0.2) is 0 Å². The van der Waals surface area contributed by atoms with E-state index < -0.39 is 0 Å². The first-order chi connectivity index (χ1) is 13.0. The highest BCUT2D eigenvalue weighted by molar-refractivity contribution is 5.93. The Balaban J connectivity index is 1.89. The van der Waals surface area contributed by atoms with Crippen LogP contribution in [0.25, 0.3) is 0 Å². The van der Waals surface area contributed by atoms with Crippen LogP contribution in [0.15, 0.2) is 54.6 Å². The van der Waals surface area contributed by atoms with Gasteiger partial charge in [0.25, 0.3) is 5.91 Å². The van der Waals surface area contributed by atoms with Crippen LogP contribution in [0.4, 0.5) is 0 Å². The number of amides is 2. The van der Waals surface area contributed by atoms with Crippen molar-refractivity contribution < 1.29 is 9.59 Å². The predicted molar refractivity (Wildman–Crippen MR) is 108 cm³/mol. The molecule has 0 radical (unpaired) electrons. The topological polar surface area (TPSA) is 61.4 Å². The fourth-order valence-electron chi connectivity index (χ4n) is 3.05. The van der Waals surface area contributed by atoms with Crippen LogP contribution in [-0.2, 0) is 11.3 Å². The zero-order chi connectivity index (χ0) is 19.6. The fourth-order valence-corrected chi connectivity index (χ4v) is 3.05. The number of carbonyl (C=O) groups excluding carboxylic acids is 2. The van der Waals surface area contributed by atoms with E-state index in [1.54, 1.807) is 19.2 Å². The van der Waals surface area contributed by atoms with Crippen molar-refractivity contribution in [3.8, 4) is 0 Å². The third kappa shape index (κ3) is 6.53. The van der Waals surface area contributed by atoms with Crippen LogP contribution in [0.5, 0.6) is 0 Å². The standard InChI is InChI=1S/C22H29N3O2/c1-4-8-20(18-9-6-5-7-10-18)24-21(26)16-25(3)15-17-11-13-19(14-12-17)22(27)23-2/h5-7,9-14,20H,4,8,15-16H2,1-3H3,(H,23,27)(H,24,26)/t20-/m0/s1. The van der Waals surface area contributed by atoms with Gasteiger partial charge in [-0.05, 0) is 36.7 Å². The van der Waals surface area contributed by atoms with E-state index in [1.807, 2.05) is 42.3 Å². The second kappa shape index (κ2) is 10.5. The van der Waals surface area contributed by atoms with Gasteiger partial charge >= 0.3 is 0 Å². The van der Waals surface area contributed by atoms with Crippen molar-refractivity contribution in [2.45, 2.75) is 32.4 Å². The van der Waals surface area contributed by atoms with Gasteiger partial charge in [-0.3, -0.25) is 14.5 Å². The Hall–Kier alpha value is -2.66. The minimum atomic E-state index is -0.0999. The van der Waals surface area contributed by atoms with Crippen molar-refractivity contribution >= 4 is 11.8 Å². The smallest absolute Gasteiger partial charge is 0.251 e. The molecule has 0 saturated heterocycles. The van der Waals surface area contributed by atoms with Gasteiger partial charge in [0.1, 0.15) is 0 Å². The minimum absolute atomic E-state index is 0.0155. The second-order valence-electron chi connectivity index (χ2n) is 6.77. The van der Waals surface area contributed by atoms with Crippen LogP contribution in [0, 0.1) is 0 Å². The number of nitrogens with one attached hydrogen (secondary N) is 2. The zero-order valence-corrected chi connectivity index (χ0v) is 16.4. The monoisotopic (exact) mass is 367 g/mol. The Labute approximate surface area is 161 Å². The third-order valence-corrected chi connectivity index (χ3v) is 4.42. The number of hydrogen-bond donors (Lipinski definition) is 2. The number of hydrogen-bond acceptors (Lipinski definition) is 3. The zero-order valence-electron chi connectivity index (χ0n) is 16.4. The molecule has 2 rings (SSSR count). The Morgan fingerprint density at radius 3 is 2.30 bits per heavy atom. The summed E-state index contributed by atoms with van der Waals surface area (Å²) in [5, 5.41) is 5.76. The van der Waals surface area contributed by atoms with Crippen LogP contribution in [0.3, 0.4) is 0 Å². The van der Waals surface area contributed by atoms with Crippen molar-refractivity contribution in [1.82, 2.24) is 15.5 Å². The van der Waals surface area contributed by atoms with Gasteiger partial charge in [0.2, 0.25) is 5.91 Å². The van der Waals surface area contributed by atoms with Gasteiger partial charge in [-0.15, -0.1) is 0 Å². The molecule has 0 aliphatic carbocycles. The lowest BCUT2D eigenvalue weighted by molar-refractivity contribution is -0.122. The molecule has 0 bridgehead atoms. The molecule has 0 aromatic heterocycles. The summed E-state index contributed by atoms with van der Waals surface area (Å²) in [6.07, 6.45) is 1.92. The van der Waals surface area contributed by atoms with E-state index in [0.29, 0.717) is 18.7 Å². The molecule has 0 heterocycles. The van der Waals surface area contributed by atoms with Gasteiger partial charge < -0.3 is 10.6 Å². The maximum atomic E-state index is 12.5. The van der Waals surface area contributed by atoms with Gasteiger partial charge in [-0.2, -0.15) is 0 Å². The summed E-state index contributed by atoms with van der Waals surface area (Å²) in [6.45, 7) is 3.09. The van der Waals surface area contributed by atoms with Gasteiger partial charge in [-0.1, -0.05) is 55.8 Å². The summed E-state index contributed by atoms with van der Waals surface area (Å²) in [7, 11) is 3.54. The minimum Gasteiger partial charge on any atom is -0.355 e. The number of benzene rings is 2. The molecule has 5 heteroatoms. The first-order valence-corrected chi connectivity index (χ1v) is 9.37. The summed E-state index contributed by atoms with van der Waals surface area (Å²) in [5.41, 5.74) is 2.83. The molecule has 0 fully saturated rings. The Morgan fingerprint density at radius 2 is 1.70 bits per heavy atom. The molecule has 5 nitrogen and oxygen atoms in total.